The van der Waals surface area contributed by atoms with E-state index in [0.717, 1.165) is 10.1 Å². The molecular formula is C15H16N4O3S2. The first kappa shape index (κ1) is 18.1. The average Bonchev–Trinajstić information content (AvgIpc) is 2.98. The maximum atomic E-state index is 11.9. The molecule has 0 fully saturated rings. The van der Waals surface area contributed by atoms with Gasteiger partial charge in [-0.15, -0.1) is 10.2 Å². The number of rotatable bonds is 7. The number of anilines is 1. The van der Waals surface area contributed by atoms with Gasteiger partial charge in [0.25, 0.3) is 5.69 Å². The number of hydrogen-bond acceptors (Lipinski definition) is 7. The van der Waals surface area contributed by atoms with Crippen LogP contribution in [0.15, 0.2) is 34.7 Å². The summed E-state index contributed by atoms with van der Waals surface area (Å²) in [5.74, 6) is 1.18. The Hall–Kier alpha value is -2.26. The number of hydrogen-bond donors (Lipinski definition) is 1. The molecule has 9 heteroatoms. The van der Waals surface area contributed by atoms with Gasteiger partial charge in [-0.05, 0) is 29.7 Å². The average molecular weight is 364 g/mol. The van der Waals surface area contributed by atoms with Crippen molar-refractivity contribution in [3.05, 3.63) is 46.0 Å². The van der Waals surface area contributed by atoms with Crippen molar-refractivity contribution in [2.45, 2.75) is 18.2 Å². The van der Waals surface area contributed by atoms with Crippen molar-refractivity contribution in [3.63, 3.8) is 0 Å². The Balaban J connectivity index is 1.89. The first-order chi connectivity index (χ1) is 11.4. The molecule has 1 aromatic heterocycles. The van der Waals surface area contributed by atoms with E-state index < -0.39 is 4.92 Å². The maximum Gasteiger partial charge on any atom is 0.269 e. The van der Waals surface area contributed by atoms with Crippen molar-refractivity contribution in [1.29, 1.82) is 0 Å². The van der Waals surface area contributed by atoms with Crippen LogP contribution in [-0.4, -0.2) is 26.8 Å². The van der Waals surface area contributed by atoms with E-state index in [-0.39, 0.29) is 11.6 Å². The fourth-order valence-electron chi connectivity index (χ4n) is 1.58. The fraction of sp³-hybridized carbons (Fsp3) is 0.267. The smallest absolute Gasteiger partial charge is 0.269 e. The Morgan fingerprint density at radius 3 is 2.71 bits per heavy atom. The summed E-state index contributed by atoms with van der Waals surface area (Å²) < 4.78 is 0.818. The van der Waals surface area contributed by atoms with Crippen molar-refractivity contribution in [1.82, 2.24) is 10.2 Å². The van der Waals surface area contributed by atoms with Crippen LogP contribution in [0.25, 0.3) is 6.08 Å². The summed E-state index contributed by atoms with van der Waals surface area (Å²) in [5, 5.41) is 21.6. The lowest BCUT2D eigenvalue weighted by Crippen LogP contribution is -2.07. The second-order valence-electron chi connectivity index (χ2n) is 5.25. The highest BCUT2D eigenvalue weighted by atomic mass is 32.2. The van der Waals surface area contributed by atoms with E-state index in [0.29, 0.717) is 16.6 Å². The van der Waals surface area contributed by atoms with Crippen LogP contribution in [-0.2, 0) is 4.79 Å². The van der Waals surface area contributed by atoms with Gasteiger partial charge in [-0.25, -0.2) is 0 Å². The molecule has 0 saturated heterocycles. The second kappa shape index (κ2) is 8.55. The highest BCUT2D eigenvalue weighted by Gasteiger charge is 2.08. The van der Waals surface area contributed by atoms with Crippen LogP contribution in [0.5, 0.6) is 0 Å². The van der Waals surface area contributed by atoms with E-state index in [1.54, 1.807) is 30.0 Å². The largest absolute Gasteiger partial charge is 0.297 e. The van der Waals surface area contributed by atoms with Gasteiger partial charge in [0.05, 0.1) is 4.92 Å². The predicted octanol–water partition coefficient (Wildman–Crippen LogP) is 3.85. The number of carbonyl (C=O) groups is 1. The van der Waals surface area contributed by atoms with Crippen LogP contribution in [0.1, 0.15) is 19.4 Å². The van der Waals surface area contributed by atoms with Crippen molar-refractivity contribution < 1.29 is 9.72 Å². The molecule has 0 atom stereocenters. The number of nitrogens with one attached hydrogen (secondary N) is 1. The first-order valence-corrected chi connectivity index (χ1v) is 8.94. The summed E-state index contributed by atoms with van der Waals surface area (Å²) in [5.41, 5.74) is 0.707. The van der Waals surface area contributed by atoms with E-state index >= 15 is 0 Å². The second-order valence-corrected chi connectivity index (χ2v) is 7.49. The monoisotopic (exact) mass is 364 g/mol. The molecule has 126 valence electrons. The molecule has 1 amide bonds. The van der Waals surface area contributed by atoms with Gasteiger partial charge in [-0.1, -0.05) is 36.9 Å². The van der Waals surface area contributed by atoms with E-state index in [2.05, 4.69) is 29.4 Å². The number of thioether (sulfide) groups is 1. The van der Waals surface area contributed by atoms with E-state index in [9.17, 15) is 14.9 Å². The van der Waals surface area contributed by atoms with Gasteiger partial charge in [-0.2, -0.15) is 0 Å². The number of non-ortho nitro benzene ring substituents is 1. The maximum absolute atomic E-state index is 11.9. The minimum Gasteiger partial charge on any atom is -0.297 e. The molecule has 0 unspecified atom stereocenters. The number of aromatic nitrogens is 2. The zero-order valence-corrected chi connectivity index (χ0v) is 14.8. The van der Waals surface area contributed by atoms with Gasteiger partial charge in [0.15, 0.2) is 4.34 Å². The van der Waals surface area contributed by atoms with Gasteiger partial charge >= 0.3 is 0 Å². The van der Waals surface area contributed by atoms with Crippen molar-refractivity contribution >= 4 is 45.9 Å². The summed E-state index contributed by atoms with van der Waals surface area (Å²) in [4.78, 5) is 22.0. The summed E-state index contributed by atoms with van der Waals surface area (Å²) >= 11 is 2.94. The van der Waals surface area contributed by atoms with Gasteiger partial charge in [-0.3, -0.25) is 20.2 Å². The van der Waals surface area contributed by atoms with Crippen LogP contribution in [0.3, 0.4) is 0 Å². The molecular weight excluding hydrogens is 348 g/mol. The lowest BCUT2D eigenvalue weighted by molar-refractivity contribution is -0.384. The number of nitro groups is 1. The van der Waals surface area contributed by atoms with Gasteiger partial charge < -0.3 is 0 Å². The van der Waals surface area contributed by atoms with Crippen LogP contribution in [0, 0.1) is 16.0 Å². The molecule has 0 bridgehead atoms. The quantitative estimate of drug-likeness (QED) is 0.263. The third-order valence-corrected chi connectivity index (χ3v) is 5.11. The molecule has 0 saturated carbocycles. The molecule has 7 nitrogen and oxygen atoms in total. The summed E-state index contributed by atoms with van der Waals surface area (Å²) in [6.45, 7) is 4.25. The van der Waals surface area contributed by atoms with Crippen molar-refractivity contribution in [2.24, 2.45) is 5.92 Å². The third kappa shape index (κ3) is 5.74. The molecule has 0 aliphatic heterocycles. The SMILES string of the molecule is CC(C)CSc1nnc(NC(=O)/C=C/c2ccc([N+](=O)[O-])cc2)s1. The standard InChI is InChI=1S/C15H16N4O3S2/c1-10(2)9-23-15-18-17-14(24-15)16-13(20)8-5-11-3-6-12(7-4-11)19(21)22/h3-8,10H,9H2,1-2H3,(H,16,17,20)/b8-5+. The Kier molecular flexibility index (Phi) is 6.44. The Bertz CT molecular complexity index is 741. The highest BCUT2D eigenvalue weighted by Crippen LogP contribution is 2.26. The molecule has 0 radical (unpaired) electrons. The van der Waals surface area contributed by atoms with E-state index in [1.165, 1.54) is 29.5 Å². The van der Waals surface area contributed by atoms with Crippen LogP contribution in [0.4, 0.5) is 10.8 Å². The zero-order chi connectivity index (χ0) is 17.5. The topological polar surface area (TPSA) is 98.0 Å². The molecule has 2 rings (SSSR count). The molecule has 1 aromatic carbocycles. The third-order valence-electron chi connectivity index (χ3n) is 2.71. The van der Waals surface area contributed by atoms with Gasteiger partial charge in [0.1, 0.15) is 0 Å². The van der Waals surface area contributed by atoms with Gasteiger partial charge in [0.2, 0.25) is 11.0 Å². The molecule has 0 spiro atoms. The van der Waals surface area contributed by atoms with Crippen molar-refractivity contribution in [2.75, 3.05) is 11.1 Å². The van der Waals surface area contributed by atoms with E-state index in [1.807, 2.05) is 0 Å². The molecule has 2 aromatic rings. The lowest BCUT2D eigenvalue weighted by Gasteiger charge is -1.99. The van der Waals surface area contributed by atoms with Crippen molar-refractivity contribution in [3.8, 4) is 0 Å². The summed E-state index contributed by atoms with van der Waals surface area (Å²) in [6.07, 6.45) is 2.93. The minimum absolute atomic E-state index is 0.0110. The predicted molar refractivity (Wildman–Crippen MR) is 96.2 cm³/mol. The Morgan fingerprint density at radius 1 is 1.38 bits per heavy atom. The lowest BCUT2D eigenvalue weighted by atomic mass is 10.2. The van der Waals surface area contributed by atoms with Crippen LogP contribution >= 0.6 is 23.1 Å². The summed E-state index contributed by atoms with van der Waals surface area (Å²) in [7, 11) is 0. The van der Waals surface area contributed by atoms with Gasteiger partial charge in [0, 0.05) is 24.0 Å². The Labute approximate surface area is 147 Å². The molecule has 24 heavy (non-hydrogen) atoms. The molecule has 0 aliphatic carbocycles. The molecule has 1 heterocycles. The van der Waals surface area contributed by atoms with Crippen LogP contribution < -0.4 is 5.32 Å². The van der Waals surface area contributed by atoms with E-state index in [4.69, 9.17) is 0 Å². The molecule has 0 aliphatic rings. The number of benzene rings is 1. The number of amides is 1. The summed E-state index contributed by atoms with van der Waals surface area (Å²) in [6, 6.07) is 5.93. The Morgan fingerprint density at radius 2 is 2.08 bits per heavy atom. The number of nitro benzene ring substituents is 1. The minimum atomic E-state index is -0.468. The first-order valence-electron chi connectivity index (χ1n) is 7.14. The fourth-order valence-corrected chi connectivity index (χ4v) is 3.31. The zero-order valence-electron chi connectivity index (χ0n) is 13.1. The molecule has 1 N–H and O–H groups in total. The van der Waals surface area contributed by atoms with Crippen LogP contribution in [0.2, 0.25) is 0 Å². The highest BCUT2D eigenvalue weighted by molar-refractivity contribution is 8.01. The number of carbonyl (C=O) groups excluding carboxylic acids is 1. The number of nitrogens with zero attached hydrogens (tertiary/aromatic N) is 3. The normalized spacial score (nSPS) is 11.1.